The van der Waals surface area contributed by atoms with E-state index in [0.29, 0.717) is 24.0 Å². The Hall–Kier alpha value is -6.06. The Morgan fingerprint density at radius 1 is 0.696 bits per heavy atom. The molecular weight excluding hydrogens is 911 g/mol. The van der Waals surface area contributed by atoms with Crippen LogP contribution in [0.15, 0.2) is 60.7 Å². The van der Waals surface area contributed by atoms with Crippen LogP contribution in [0.5, 0.6) is 0 Å². The number of likely N-dealkylation sites (tertiary alicyclic amines) is 1. The van der Waals surface area contributed by atoms with Crippen LogP contribution in [0, 0.1) is 17.8 Å². The molecule has 69 heavy (non-hydrogen) atoms. The average molecular weight is 982 g/mol. The lowest BCUT2D eigenvalue weighted by atomic mass is 9.96. The quantitative estimate of drug-likeness (QED) is 0.0509. The van der Waals surface area contributed by atoms with Crippen molar-refractivity contribution in [3.8, 4) is 0 Å². The van der Waals surface area contributed by atoms with E-state index < -0.39 is 127 Å². The van der Waals surface area contributed by atoms with Crippen LogP contribution >= 0.6 is 12.6 Å². The topological polar surface area (TPSA) is 308 Å². The summed E-state index contributed by atoms with van der Waals surface area (Å²) in [6, 6.07) is 8.23. The van der Waals surface area contributed by atoms with Crippen LogP contribution in [0.25, 0.3) is 0 Å². The van der Waals surface area contributed by atoms with Crippen molar-refractivity contribution in [3.63, 3.8) is 0 Å². The highest BCUT2D eigenvalue weighted by molar-refractivity contribution is 7.80. The van der Waals surface area contributed by atoms with Gasteiger partial charge in [0, 0.05) is 25.1 Å². The first kappa shape index (κ1) is 57.3. The number of nitrogens with one attached hydrogen (secondary N) is 7. The van der Waals surface area contributed by atoms with Gasteiger partial charge in [0.2, 0.25) is 47.3 Å². The third kappa shape index (κ3) is 18.1. The molecule has 1 aliphatic rings. The van der Waals surface area contributed by atoms with Gasteiger partial charge in [-0.1, -0.05) is 109 Å². The molecule has 9 atom stereocenters. The SMILES string of the molecule is CC[C@H](C)[C@H](NC(=O)[C@H](CS)NC(=O)CNC(=O)[C@H](CC(C)C)NC(=O)[C@@H](N)CO)C(=O)N[C@@H](Cc1ccccc1)C(=O)N[C@@H](Cc1ccccc1)C(=O)N1CCC[C@H]1C(=O)N[C@H](C(=O)O)C(C)C. The lowest BCUT2D eigenvalue weighted by Crippen LogP contribution is -2.61. The first-order chi connectivity index (χ1) is 32.7. The molecule has 0 aliphatic carbocycles. The van der Waals surface area contributed by atoms with E-state index >= 15 is 0 Å². The Balaban J connectivity index is 1.84. The summed E-state index contributed by atoms with van der Waals surface area (Å²) in [6.45, 7) is 9.44. The zero-order valence-corrected chi connectivity index (χ0v) is 41.1. The molecular formula is C48H71N9O11S. The first-order valence-electron chi connectivity index (χ1n) is 23.4. The Morgan fingerprint density at radius 3 is 1.77 bits per heavy atom. The summed E-state index contributed by atoms with van der Waals surface area (Å²) in [5.74, 6) is -8.04. The van der Waals surface area contributed by atoms with Gasteiger partial charge in [0.1, 0.15) is 48.3 Å². The van der Waals surface area contributed by atoms with Crippen LogP contribution in [0.3, 0.4) is 0 Å². The molecule has 11 N–H and O–H groups in total. The molecule has 8 amide bonds. The lowest BCUT2D eigenvalue weighted by Gasteiger charge is -2.31. The third-order valence-corrected chi connectivity index (χ3v) is 12.2. The van der Waals surface area contributed by atoms with Crippen molar-refractivity contribution in [2.45, 2.75) is 128 Å². The molecule has 0 saturated carbocycles. The molecule has 1 aliphatic heterocycles. The molecule has 0 aromatic heterocycles. The second-order valence-corrected chi connectivity index (χ2v) is 18.5. The van der Waals surface area contributed by atoms with Gasteiger partial charge in [0.05, 0.1) is 13.2 Å². The number of carboxylic acids is 1. The monoisotopic (exact) mass is 981 g/mol. The standard InChI is InChI=1S/C48H71N9O11S/c1-7-29(6)40(56-44(63)36(26-69)51-38(59)24-50-42(61)33(21-27(2)3)52-41(60)32(49)25-58)46(65)53-34(22-30-15-10-8-11-16-30)43(62)54-35(23-31-17-12-9-13-18-31)47(66)57-20-14-19-37(57)45(64)55-39(28(4)5)48(67)68/h8-13,15-18,27-29,32-37,39-40,58,69H,7,14,19-26,49H2,1-6H3,(H,50,61)(H,51,59)(H,52,60)(H,53,65)(H,54,62)(H,55,64)(H,56,63)(H,67,68)/t29-,32-,33-,34-,35-,36-,37-,39-,40-/m0/s1. The normalized spacial score (nSPS) is 16.9. The summed E-state index contributed by atoms with van der Waals surface area (Å²) in [5, 5.41) is 37.3. The van der Waals surface area contributed by atoms with Gasteiger partial charge in [-0.05, 0) is 48.1 Å². The number of aliphatic hydroxyl groups excluding tert-OH is 1. The molecule has 0 spiro atoms. The van der Waals surface area contributed by atoms with Gasteiger partial charge < -0.3 is 58.1 Å². The molecule has 0 bridgehead atoms. The van der Waals surface area contributed by atoms with Crippen LogP contribution in [-0.4, -0.2) is 142 Å². The molecule has 380 valence electrons. The Bertz CT molecular complexity index is 2060. The number of aliphatic hydroxyl groups is 1. The van der Waals surface area contributed by atoms with Crippen molar-refractivity contribution in [2.24, 2.45) is 23.5 Å². The van der Waals surface area contributed by atoms with Crippen molar-refractivity contribution in [2.75, 3.05) is 25.4 Å². The predicted molar refractivity (Wildman–Crippen MR) is 260 cm³/mol. The zero-order chi connectivity index (χ0) is 51.4. The van der Waals surface area contributed by atoms with Gasteiger partial charge >= 0.3 is 5.97 Å². The Kier molecular flexibility index (Phi) is 23.6. The second-order valence-electron chi connectivity index (χ2n) is 18.1. The molecule has 0 radical (unpaired) electrons. The highest BCUT2D eigenvalue weighted by atomic mass is 32.1. The van der Waals surface area contributed by atoms with Crippen LogP contribution < -0.4 is 43.0 Å². The van der Waals surface area contributed by atoms with E-state index in [0.717, 1.165) is 0 Å². The molecule has 2 aromatic rings. The molecule has 1 fully saturated rings. The predicted octanol–water partition coefficient (Wildman–Crippen LogP) is -0.430. The van der Waals surface area contributed by atoms with E-state index in [1.807, 2.05) is 13.8 Å². The molecule has 1 saturated heterocycles. The average Bonchev–Trinajstić information content (AvgIpc) is 3.82. The fraction of sp³-hybridized carbons (Fsp3) is 0.562. The van der Waals surface area contributed by atoms with Crippen LogP contribution in [-0.2, 0) is 56.0 Å². The highest BCUT2D eigenvalue weighted by Gasteiger charge is 2.40. The minimum Gasteiger partial charge on any atom is -0.480 e. The number of carbonyl (C=O) groups excluding carboxylic acids is 8. The number of aliphatic carboxylic acids is 1. The number of rotatable bonds is 27. The van der Waals surface area contributed by atoms with Gasteiger partial charge in [0.15, 0.2) is 0 Å². The minimum atomic E-state index is -1.29. The summed E-state index contributed by atoms with van der Waals surface area (Å²) < 4.78 is 0. The summed E-state index contributed by atoms with van der Waals surface area (Å²) in [4.78, 5) is 122. The third-order valence-electron chi connectivity index (χ3n) is 11.8. The van der Waals surface area contributed by atoms with Crippen molar-refractivity contribution in [1.82, 2.24) is 42.1 Å². The number of nitrogens with two attached hydrogens (primary N) is 1. The lowest BCUT2D eigenvalue weighted by molar-refractivity contribution is -0.145. The number of benzene rings is 2. The fourth-order valence-corrected chi connectivity index (χ4v) is 7.92. The molecule has 1 heterocycles. The summed E-state index contributed by atoms with van der Waals surface area (Å²) >= 11 is 4.25. The van der Waals surface area contributed by atoms with E-state index in [9.17, 15) is 53.4 Å². The van der Waals surface area contributed by atoms with Gasteiger partial charge in [-0.2, -0.15) is 12.6 Å². The van der Waals surface area contributed by atoms with E-state index in [4.69, 9.17) is 5.73 Å². The van der Waals surface area contributed by atoms with E-state index in [1.54, 1.807) is 88.4 Å². The van der Waals surface area contributed by atoms with E-state index in [1.165, 1.54) is 4.90 Å². The number of hydrogen-bond acceptors (Lipinski definition) is 12. The summed E-state index contributed by atoms with van der Waals surface area (Å²) in [6.07, 6.45) is 1.34. The van der Waals surface area contributed by atoms with Gasteiger partial charge in [0.25, 0.3) is 0 Å². The Labute approximate surface area is 409 Å². The second kappa shape index (κ2) is 28.4. The van der Waals surface area contributed by atoms with Gasteiger partial charge in [-0.25, -0.2) is 4.79 Å². The molecule has 21 heteroatoms. The number of nitrogens with zero attached hydrogens (tertiary/aromatic N) is 1. The summed E-state index contributed by atoms with van der Waals surface area (Å²) in [7, 11) is 0. The van der Waals surface area contributed by atoms with Gasteiger partial charge in [-0.15, -0.1) is 0 Å². The van der Waals surface area contributed by atoms with Crippen molar-refractivity contribution >= 4 is 65.9 Å². The molecule has 0 unspecified atom stereocenters. The number of carboxylic acid groups (broad SMARTS) is 1. The van der Waals surface area contributed by atoms with E-state index in [2.05, 4.69) is 49.8 Å². The highest BCUT2D eigenvalue weighted by Crippen LogP contribution is 2.21. The zero-order valence-electron chi connectivity index (χ0n) is 40.2. The van der Waals surface area contributed by atoms with Crippen molar-refractivity contribution in [1.29, 1.82) is 0 Å². The van der Waals surface area contributed by atoms with Crippen molar-refractivity contribution in [3.05, 3.63) is 71.8 Å². The number of carbonyl (C=O) groups is 9. The summed E-state index contributed by atoms with van der Waals surface area (Å²) in [5.41, 5.74) is 6.95. The van der Waals surface area contributed by atoms with Crippen LogP contribution in [0.4, 0.5) is 0 Å². The molecule has 3 rings (SSSR count). The Morgan fingerprint density at radius 2 is 1.25 bits per heavy atom. The smallest absolute Gasteiger partial charge is 0.326 e. The molecule has 2 aromatic carbocycles. The maximum Gasteiger partial charge on any atom is 0.326 e. The largest absolute Gasteiger partial charge is 0.480 e. The van der Waals surface area contributed by atoms with E-state index in [-0.39, 0.29) is 43.9 Å². The fourth-order valence-electron chi connectivity index (χ4n) is 7.66. The van der Waals surface area contributed by atoms with Crippen LogP contribution in [0.2, 0.25) is 0 Å². The number of thiol groups is 1. The van der Waals surface area contributed by atoms with Crippen molar-refractivity contribution < 1.29 is 53.4 Å². The minimum absolute atomic E-state index is 0.0203. The van der Waals surface area contributed by atoms with Crippen LogP contribution in [0.1, 0.15) is 78.4 Å². The molecule has 20 nitrogen and oxygen atoms in total. The van der Waals surface area contributed by atoms with Gasteiger partial charge in [-0.3, -0.25) is 38.4 Å². The number of amides is 8. The maximum atomic E-state index is 14.5. The first-order valence-corrected chi connectivity index (χ1v) is 24.0. The number of hydrogen-bond donors (Lipinski definition) is 11. The maximum absolute atomic E-state index is 14.5.